The maximum atomic E-state index is 12.5. The Morgan fingerprint density at radius 3 is 2.81 bits per heavy atom. The van der Waals surface area contributed by atoms with Crippen molar-refractivity contribution in [3.63, 3.8) is 0 Å². The van der Waals surface area contributed by atoms with Crippen molar-refractivity contribution in [3.8, 4) is 0 Å². The Morgan fingerprint density at radius 1 is 1.33 bits per heavy atom. The van der Waals surface area contributed by atoms with Gasteiger partial charge in [0.15, 0.2) is 5.65 Å². The topological polar surface area (TPSA) is 71.6 Å². The van der Waals surface area contributed by atoms with Gasteiger partial charge in [0.25, 0.3) is 5.91 Å². The minimum absolute atomic E-state index is 0.0129. The second-order valence-electron chi connectivity index (χ2n) is 7.40. The lowest BCUT2D eigenvalue weighted by Crippen LogP contribution is -2.40. The Balaban J connectivity index is 1.38. The van der Waals surface area contributed by atoms with Crippen LogP contribution >= 0.6 is 0 Å². The van der Waals surface area contributed by atoms with Crippen LogP contribution in [0, 0.1) is 12.8 Å². The van der Waals surface area contributed by atoms with Crippen LogP contribution in [0.5, 0.6) is 0 Å². The molecule has 1 saturated heterocycles. The van der Waals surface area contributed by atoms with Crippen LogP contribution < -0.4 is 4.90 Å². The van der Waals surface area contributed by atoms with Crippen molar-refractivity contribution in [3.05, 3.63) is 42.2 Å². The van der Waals surface area contributed by atoms with Crippen LogP contribution in [0.4, 0.5) is 5.82 Å². The quantitative estimate of drug-likeness (QED) is 0.703. The second-order valence-corrected chi connectivity index (χ2v) is 7.40. The molecule has 1 fully saturated rings. The van der Waals surface area contributed by atoms with Crippen LogP contribution in [0.3, 0.4) is 0 Å². The number of piperidine rings is 1. The molecule has 0 N–H and O–H groups in total. The number of fused-ring (bicyclic) bond motifs is 1. The monoisotopic (exact) mass is 367 g/mol. The van der Waals surface area contributed by atoms with Crippen molar-refractivity contribution < 1.29 is 4.79 Å². The van der Waals surface area contributed by atoms with E-state index < -0.39 is 0 Å². The van der Waals surface area contributed by atoms with Gasteiger partial charge in [0, 0.05) is 57.8 Å². The van der Waals surface area contributed by atoms with Gasteiger partial charge in [-0.25, -0.2) is 9.97 Å². The summed E-state index contributed by atoms with van der Waals surface area (Å²) in [4.78, 5) is 25.3. The fraction of sp³-hybridized carbons (Fsp3) is 0.474. The van der Waals surface area contributed by atoms with Gasteiger partial charge < -0.3 is 14.4 Å². The number of amides is 1. The third kappa shape index (κ3) is 3.51. The summed E-state index contributed by atoms with van der Waals surface area (Å²) in [7, 11) is 3.74. The first-order valence-electron chi connectivity index (χ1n) is 9.31. The van der Waals surface area contributed by atoms with Crippen molar-refractivity contribution in [2.75, 3.05) is 31.6 Å². The van der Waals surface area contributed by atoms with Crippen molar-refractivity contribution in [1.82, 2.24) is 29.0 Å². The highest BCUT2D eigenvalue weighted by Gasteiger charge is 2.24. The number of aromatic nitrogens is 5. The zero-order valence-electron chi connectivity index (χ0n) is 16.0. The number of carbonyl (C=O) groups excluding carboxylic acids is 1. The number of carbonyl (C=O) groups is 1. The Bertz CT molecular complexity index is 952. The molecule has 1 aliphatic rings. The SMILES string of the molecule is Cc1cc(N2CCC(CN(C)C(=O)c3cn(C)cn3)CC2)n2nccc2n1. The van der Waals surface area contributed by atoms with E-state index in [0.29, 0.717) is 11.6 Å². The standard InChI is InChI=1S/C19H25N7O/c1-14-10-18(26-17(22-14)4-7-21-26)25-8-5-15(6-9-25)11-24(3)19(27)16-12-23(2)13-20-16/h4,7,10,12-13,15H,5-6,8-9,11H2,1-3H3. The molecular weight excluding hydrogens is 342 g/mol. The number of imidazole rings is 1. The normalized spacial score (nSPS) is 15.4. The van der Waals surface area contributed by atoms with Gasteiger partial charge in [-0.15, -0.1) is 0 Å². The molecule has 4 rings (SSSR count). The van der Waals surface area contributed by atoms with Crippen LogP contribution in [0.25, 0.3) is 5.65 Å². The summed E-state index contributed by atoms with van der Waals surface area (Å²) in [5.74, 6) is 1.58. The third-order valence-electron chi connectivity index (χ3n) is 5.21. The van der Waals surface area contributed by atoms with Gasteiger partial charge in [0.1, 0.15) is 11.5 Å². The van der Waals surface area contributed by atoms with Crippen molar-refractivity contribution in [2.45, 2.75) is 19.8 Å². The zero-order chi connectivity index (χ0) is 19.0. The molecule has 1 aliphatic heterocycles. The molecule has 0 saturated carbocycles. The summed E-state index contributed by atoms with van der Waals surface area (Å²) in [5, 5.41) is 4.41. The highest BCUT2D eigenvalue weighted by atomic mass is 16.2. The molecule has 1 amide bonds. The molecule has 0 spiro atoms. The second kappa shape index (κ2) is 7.02. The lowest BCUT2D eigenvalue weighted by molar-refractivity contribution is 0.0759. The van der Waals surface area contributed by atoms with Crippen LogP contribution in [0.2, 0.25) is 0 Å². The van der Waals surface area contributed by atoms with Crippen molar-refractivity contribution >= 4 is 17.4 Å². The minimum Gasteiger partial charge on any atom is -0.356 e. The van der Waals surface area contributed by atoms with E-state index in [9.17, 15) is 4.79 Å². The number of aryl methyl sites for hydroxylation is 2. The highest BCUT2D eigenvalue weighted by molar-refractivity contribution is 5.91. The summed E-state index contributed by atoms with van der Waals surface area (Å²) in [6.07, 6.45) is 7.30. The Labute approximate surface area is 158 Å². The molecule has 3 aromatic rings. The van der Waals surface area contributed by atoms with Gasteiger partial charge in [-0.1, -0.05) is 0 Å². The molecule has 0 aromatic carbocycles. The molecule has 3 aromatic heterocycles. The molecule has 4 heterocycles. The maximum Gasteiger partial charge on any atom is 0.273 e. The average Bonchev–Trinajstić information content (AvgIpc) is 3.29. The highest BCUT2D eigenvalue weighted by Crippen LogP contribution is 2.25. The van der Waals surface area contributed by atoms with Gasteiger partial charge >= 0.3 is 0 Å². The first-order valence-corrected chi connectivity index (χ1v) is 9.31. The Morgan fingerprint density at radius 2 is 2.11 bits per heavy atom. The molecule has 0 aliphatic carbocycles. The molecule has 8 heteroatoms. The average molecular weight is 367 g/mol. The molecule has 0 unspecified atom stereocenters. The summed E-state index contributed by atoms with van der Waals surface area (Å²) in [6, 6.07) is 4.03. The van der Waals surface area contributed by atoms with Gasteiger partial charge in [0.05, 0.1) is 12.5 Å². The lowest BCUT2D eigenvalue weighted by Gasteiger charge is -2.35. The Kier molecular flexibility index (Phi) is 4.55. The third-order valence-corrected chi connectivity index (χ3v) is 5.21. The van der Waals surface area contributed by atoms with Crippen LogP contribution in [-0.4, -0.2) is 61.6 Å². The number of anilines is 1. The van der Waals surface area contributed by atoms with E-state index >= 15 is 0 Å². The molecule has 0 radical (unpaired) electrons. The number of hydrogen-bond acceptors (Lipinski definition) is 5. The largest absolute Gasteiger partial charge is 0.356 e. The van der Waals surface area contributed by atoms with Gasteiger partial charge in [-0.2, -0.15) is 9.61 Å². The predicted octanol–water partition coefficient (Wildman–Crippen LogP) is 1.76. The van der Waals surface area contributed by atoms with Gasteiger partial charge in [-0.05, 0) is 25.7 Å². The van der Waals surface area contributed by atoms with Gasteiger partial charge in [0.2, 0.25) is 0 Å². The molecular formula is C19H25N7O. The molecule has 27 heavy (non-hydrogen) atoms. The minimum atomic E-state index is -0.0129. The first-order chi connectivity index (χ1) is 13.0. The van der Waals surface area contributed by atoms with E-state index in [1.165, 1.54) is 0 Å². The Hall–Kier alpha value is -2.90. The summed E-state index contributed by atoms with van der Waals surface area (Å²) < 4.78 is 3.70. The smallest absolute Gasteiger partial charge is 0.273 e. The number of hydrogen-bond donors (Lipinski definition) is 0. The summed E-state index contributed by atoms with van der Waals surface area (Å²) in [5.41, 5.74) is 2.39. The number of rotatable bonds is 4. The fourth-order valence-corrected chi connectivity index (χ4v) is 3.78. The number of nitrogens with zero attached hydrogens (tertiary/aromatic N) is 7. The molecule has 0 bridgehead atoms. The first kappa shape index (κ1) is 17.5. The van der Waals surface area contributed by atoms with E-state index in [4.69, 9.17) is 0 Å². The maximum absolute atomic E-state index is 12.5. The van der Waals surface area contributed by atoms with Crippen LogP contribution in [-0.2, 0) is 7.05 Å². The van der Waals surface area contributed by atoms with E-state index in [0.717, 1.165) is 49.6 Å². The van der Waals surface area contributed by atoms with E-state index in [2.05, 4.69) is 26.0 Å². The van der Waals surface area contributed by atoms with E-state index in [-0.39, 0.29) is 5.91 Å². The van der Waals surface area contributed by atoms with Crippen LogP contribution in [0.1, 0.15) is 29.0 Å². The summed E-state index contributed by atoms with van der Waals surface area (Å²) in [6.45, 7) is 4.68. The predicted molar refractivity (Wildman–Crippen MR) is 103 cm³/mol. The van der Waals surface area contributed by atoms with Crippen molar-refractivity contribution in [1.29, 1.82) is 0 Å². The van der Waals surface area contributed by atoms with Gasteiger partial charge in [-0.3, -0.25) is 4.79 Å². The van der Waals surface area contributed by atoms with Crippen molar-refractivity contribution in [2.24, 2.45) is 13.0 Å². The summed E-state index contributed by atoms with van der Waals surface area (Å²) >= 11 is 0. The van der Waals surface area contributed by atoms with E-state index in [1.807, 2.05) is 31.6 Å². The zero-order valence-corrected chi connectivity index (χ0v) is 16.0. The molecule has 8 nitrogen and oxygen atoms in total. The molecule has 142 valence electrons. The van der Waals surface area contributed by atoms with Crippen LogP contribution in [0.15, 0.2) is 30.9 Å². The lowest BCUT2D eigenvalue weighted by atomic mass is 9.96. The fourth-order valence-electron chi connectivity index (χ4n) is 3.78. The van der Waals surface area contributed by atoms with E-state index in [1.54, 1.807) is 28.2 Å². The molecule has 0 atom stereocenters.